The summed E-state index contributed by atoms with van der Waals surface area (Å²) in [5.74, 6) is -1.18. The van der Waals surface area contributed by atoms with Crippen LogP contribution < -0.4 is 10.6 Å². The third kappa shape index (κ3) is 5.18. The highest BCUT2D eigenvalue weighted by Gasteiger charge is 2.27. The Labute approximate surface area is 149 Å². The van der Waals surface area contributed by atoms with Crippen molar-refractivity contribution in [3.8, 4) is 0 Å². The second-order valence-corrected chi connectivity index (χ2v) is 6.24. The summed E-state index contributed by atoms with van der Waals surface area (Å²) in [5, 5.41) is 5.88. The van der Waals surface area contributed by atoms with Crippen molar-refractivity contribution in [3.63, 3.8) is 0 Å². The molecule has 2 amide bonds. The van der Waals surface area contributed by atoms with Crippen LogP contribution in [0.4, 0.5) is 0 Å². The van der Waals surface area contributed by atoms with Crippen LogP contribution in [0, 0.1) is 5.92 Å². The molecule has 4 heteroatoms. The third-order valence-corrected chi connectivity index (χ3v) is 4.36. The minimum atomic E-state index is -0.697. The lowest BCUT2D eigenvalue weighted by Gasteiger charge is -2.21. The first kappa shape index (κ1) is 18.7. The Bertz CT molecular complexity index is 626. The predicted molar refractivity (Wildman–Crippen MR) is 99.8 cm³/mol. The van der Waals surface area contributed by atoms with Gasteiger partial charge in [0.05, 0.1) is 12.1 Å². The number of rotatable bonds is 7. The molecule has 2 N–H and O–H groups in total. The van der Waals surface area contributed by atoms with Crippen molar-refractivity contribution in [1.82, 2.24) is 10.6 Å². The lowest BCUT2D eigenvalue weighted by atomic mass is 10.0. The summed E-state index contributed by atoms with van der Waals surface area (Å²) in [6.07, 6.45) is 0.459. The van der Waals surface area contributed by atoms with E-state index in [2.05, 4.69) is 10.6 Å². The zero-order chi connectivity index (χ0) is 18.2. The minimum absolute atomic E-state index is 0.137. The second kappa shape index (κ2) is 9.02. The number of hydrogen-bond donors (Lipinski definition) is 2. The molecule has 0 bridgehead atoms. The van der Waals surface area contributed by atoms with E-state index in [1.54, 1.807) is 0 Å². The van der Waals surface area contributed by atoms with Crippen molar-refractivity contribution in [2.24, 2.45) is 5.92 Å². The second-order valence-electron chi connectivity index (χ2n) is 6.24. The molecule has 25 heavy (non-hydrogen) atoms. The fourth-order valence-electron chi connectivity index (χ4n) is 2.77. The molecular weight excluding hydrogens is 312 g/mol. The Morgan fingerprint density at radius 1 is 0.760 bits per heavy atom. The van der Waals surface area contributed by atoms with Crippen LogP contribution in [0.5, 0.6) is 0 Å². The van der Waals surface area contributed by atoms with Crippen molar-refractivity contribution in [3.05, 3.63) is 71.8 Å². The maximum atomic E-state index is 12.5. The molecule has 0 heterocycles. The Kier molecular flexibility index (Phi) is 6.75. The van der Waals surface area contributed by atoms with E-state index in [0.717, 1.165) is 11.1 Å². The molecule has 0 saturated carbocycles. The van der Waals surface area contributed by atoms with Gasteiger partial charge in [-0.2, -0.15) is 0 Å². The molecular formula is C21H26N2O2. The van der Waals surface area contributed by atoms with Crippen molar-refractivity contribution in [1.29, 1.82) is 0 Å². The summed E-state index contributed by atoms with van der Waals surface area (Å²) in [7, 11) is 0. The van der Waals surface area contributed by atoms with E-state index in [9.17, 15) is 9.59 Å². The van der Waals surface area contributed by atoms with Gasteiger partial charge in [0, 0.05) is 0 Å². The molecule has 0 radical (unpaired) electrons. The molecule has 0 aliphatic rings. The first-order valence-corrected chi connectivity index (χ1v) is 8.73. The maximum absolute atomic E-state index is 12.5. The average Bonchev–Trinajstić information content (AvgIpc) is 2.63. The number of amides is 2. The average molecular weight is 338 g/mol. The van der Waals surface area contributed by atoms with Gasteiger partial charge in [0.25, 0.3) is 0 Å². The molecule has 0 aliphatic carbocycles. The fraction of sp³-hybridized carbons (Fsp3) is 0.333. The Balaban J connectivity index is 1.97. The summed E-state index contributed by atoms with van der Waals surface area (Å²) >= 11 is 0. The largest absolute Gasteiger partial charge is 0.349 e. The molecule has 0 fully saturated rings. The van der Waals surface area contributed by atoms with E-state index < -0.39 is 5.92 Å². The van der Waals surface area contributed by atoms with Gasteiger partial charge in [0.2, 0.25) is 11.8 Å². The Morgan fingerprint density at radius 3 is 1.44 bits per heavy atom. The fourth-order valence-corrected chi connectivity index (χ4v) is 2.77. The number of hydrogen-bond acceptors (Lipinski definition) is 2. The van der Waals surface area contributed by atoms with Crippen LogP contribution in [0.1, 0.15) is 50.4 Å². The van der Waals surface area contributed by atoms with Crippen LogP contribution in [-0.4, -0.2) is 11.8 Å². The number of nitrogens with one attached hydrogen (secondary N) is 2. The summed E-state index contributed by atoms with van der Waals surface area (Å²) in [5.41, 5.74) is 2.03. The van der Waals surface area contributed by atoms with Gasteiger partial charge in [-0.3, -0.25) is 9.59 Å². The molecule has 0 unspecified atom stereocenters. The molecule has 2 atom stereocenters. The first-order valence-electron chi connectivity index (χ1n) is 8.73. The van der Waals surface area contributed by atoms with E-state index in [1.807, 2.05) is 81.4 Å². The highest BCUT2D eigenvalue weighted by Crippen LogP contribution is 2.16. The molecule has 2 rings (SSSR count). The smallest absolute Gasteiger partial charge is 0.233 e. The van der Waals surface area contributed by atoms with Gasteiger partial charge in [-0.15, -0.1) is 0 Å². The Morgan fingerprint density at radius 2 is 1.12 bits per heavy atom. The van der Waals surface area contributed by atoms with Gasteiger partial charge >= 0.3 is 0 Å². The third-order valence-electron chi connectivity index (χ3n) is 4.36. The van der Waals surface area contributed by atoms with E-state index >= 15 is 0 Å². The van der Waals surface area contributed by atoms with Gasteiger partial charge < -0.3 is 10.6 Å². The summed E-state index contributed by atoms with van der Waals surface area (Å²) in [6.45, 7) is 5.69. The quantitative estimate of drug-likeness (QED) is 0.755. The van der Waals surface area contributed by atoms with Gasteiger partial charge in [-0.25, -0.2) is 0 Å². The SMILES string of the molecule is CCC(C(=O)N[C@H](C)c1ccccc1)C(=O)N[C@H](C)c1ccccc1. The van der Waals surface area contributed by atoms with Gasteiger partial charge in [-0.1, -0.05) is 67.6 Å². The van der Waals surface area contributed by atoms with Crippen LogP contribution in [0.25, 0.3) is 0 Å². The number of carbonyl (C=O) groups excluding carboxylic acids is 2. The van der Waals surface area contributed by atoms with Gasteiger partial charge in [0.15, 0.2) is 0 Å². The van der Waals surface area contributed by atoms with Crippen LogP contribution in [0.15, 0.2) is 60.7 Å². The molecule has 132 valence electrons. The molecule has 0 spiro atoms. The lowest BCUT2D eigenvalue weighted by molar-refractivity contribution is -0.136. The topological polar surface area (TPSA) is 58.2 Å². The van der Waals surface area contributed by atoms with Crippen LogP contribution >= 0.6 is 0 Å². The zero-order valence-corrected chi connectivity index (χ0v) is 15.0. The zero-order valence-electron chi connectivity index (χ0n) is 15.0. The molecule has 0 saturated heterocycles. The standard InChI is InChI=1S/C21H26N2O2/c1-4-19(20(24)22-15(2)17-11-7-5-8-12-17)21(25)23-16(3)18-13-9-6-10-14-18/h5-16,19H,4H2,1-3H3,(H,22,24)(H,23,25)/t15-,16-/m1/s1. The van der Waals surface area contributed by atoms with E-state index in [4.69, 9.17) is 0 Å². The summed E-state index contributed by atoms with van der Waals surface area (Å²) < 4.78 is 0. The maximum Gasteiger partial charge on any atom is 0.233 e. The first-order chi connectivity index (χ1) is 12.0. The molecule has 2 aromatic rings. The van der Waals surface area contributed by atoms with Crippen molar-refractivity contribution in [2.45, 2.75) is 39.3 Å². The monoisotopic (exact) mass is 338 g/mol. The Hall–Kier alpha value is -2.62. The number of carbonyl (C=O) groups is 2. The van der Waals surface area contributed by atoms with E-state index in [1.165, 1.54) is 0 Å². The predicted octanol–water partition coefficient (Wildman–Crippen LogP) is 3.77. The highest BCUT2D eigenvalue weighted by molar-refractivity contribution is 6.00. The van der Waals surface area contributed by atoms with Crippen LogP contribution in [0.2, 0.25) is 0 Å². The van der Waals surface area contributed by atoms with Crippen LogP contribution in [0.3, 0.4) is 0 Å². The van der Waals surface area contributed by atoms with Gasteiger partial charge in [-0.05, 0) is 31.4 Å². The summed E-state index contributed by atoms with van der Waals surface area (Å²) in [4.78, 5) is 25.1. The molecule has 4 nitrogen and oxygen atoms in total. The molecule has 0 aliphatic heterocycles. The molecule has 0 aromatic heterocycles. The molecule has 2 aromatic carbocycles. The number of benzene rings is 2. The van der Waals surface area contributed by atoms with Gasteiger partial charge in [0.1, 0.15) is 5.92 Å². The minimum Gasteiger partial charge on any atom is -0.349 e. The van der Waals surface area contributed by atoms with E-state index in [-0.39, 0.29) is 23.9 Å². The summed E-state index contributed by atoms with van der Waals surface area (Å²) in [6, 6.07) is 19.2. The highest BCUT2D eigenvalue weighted by atomic mass is 16.2. The van der Waals surface area contributed by atoms with Crippen molar-refractivity contribution >= 4 is 11.8 Å². The van der Waals surface area contributed by atoms with Crippen molar-refractivity contribution < 1.29 is 9.59 Å². The normalized spacial score (nSPS) is 13.1. The van der Waals surface area contributed by atoms with Crippen molar-refractivity contribution in [2.75, 3.05) is 0 Å². The lowest BCUT2D eigenvalue weighted by Crippen LogP contribution is -2.42. The van der Waals surface area contributed by atoms with E-state index in [0.29, 0.717) is 6.42 Å². The van der Waals surface area contributed by atoms with Crippen LogP contribution in [-0.2, 0) is 9.59 Å².